The van der Waals surface area contributed by atoms with Crippen molar-refractivity contribution in [1.82, 2.24) is 0 Å². The Hall–Kier alpha value is -1.16. The molecular weight excluding hydrogens is 212 g/mol. The second kappa shape index (κ2) is 5.54. The summed E-state index contributed by atoms with van der Waals surface area (Å²) in [5, 5.41) is 7.15. The fourth-order valence-corrected chi connectivity index (χ4v) is 0.971. The molecule has 0 aliphatic carbocycles. The number of rotatable bonds is 2. The predicted octanol–water partition coefficient (Wildman–Crippen LogP) is 2.55. The molecule has 0 aliphatic rings. The van der Waals surface area contributed by atoms with Crippen molar-refractivity contribution in [1.29, 1.82) is 5.41 Å². The molecule has 2 nitrogen and oxygen atoms in total. The highest BCUT2D eigenvalue weighted by molar-refractivity contribution is 5.85. The van der Waals surface area contributed by atoms with Gasteiger partial charge in [0.05, 0.1) is 7.11 Å². The van der Waals surface area contributed by atoms with E-state index in [9.17, 15) is 8.78 Å². The molecule has 1 rings (SSSR count). The van der Waals surface area contributed by atoms with E-state index >= 15 is 0 Å². The minimum Gasteiger partial charge on any atom is -0.484 e. The lowest BCUT2D eigenvalue weighted by Gasteiger charge is -2.02. The fraction of sp³-hybridized carbons (Fsp3) is 0.222. The Kier molecular flexibility index (Phi) is 5.09. The Morgan fingerprint density at radius 3 is 2.21 bits per heavy atom. The van der Waals surface area contributed by atoms with Crippen LogP contribution in [0, 0.1) is 17.0 Å². The Labute approximate surface area is 86.8 Å². The highest BCUT2D eigenvalue weighted by Gasteiger charge is 2.03. The lowest BCUT2D eigenvalue weighted by Crippen LogP contribution is -2.04. The van der Waals surface area contributed by atoms with E-state index < -0.39 is 11.6 Å². The van der Waals surface area contributed by atoms with Crippen LogP contribution in [0.25, 0.3) is 0 Å². The van der Waals surface area contributed by atoms with E-state index in [0.717, 1.165) is 6.07 Å². The van der Waals surface area contributed by atoms with Gasteiger partial charge in [-0.3, -0.25) is 5.41 Å². The molecule has 0 unspecified atom stereocenters. The molecule has 1 aromatic rings. The highest BCUT2D eigenvalue weighted by Crippen LogP contribution is 2.08. The van der Waals surface area contributed by atoms with Crippen LogP contribution in [0.4, 0.5) is 8.78 Å². The number of methoxy groups -OCH3 is 1. The maximum Gasteiger partial charge on any atom is 0.184 e. The predicted molar refractivity (Wildman–Crippen MR) is 52.0 cm³/mol. The Bertz CT molecular complexity index is 310. The molecule has 0 atom stereocenters. The van der Waals surface area contributed by atoms with Gasteiger partial charge in [-0.1, -0.05) is 0 Å². The quantitative estimate of drug-likeness (QED) is 0.604. The lowest BCUT2D eigenvalue weighted by atomic mass is 10.1. The van der Waals surface area contributed by atoms with Gasteiger partial charge in [-0.15, -0.1) is 12.4 Å². The normalized spacial score (nSPS) is 9.07. The summed E-state index contributed by atoms with van der Waals surface area (Å²) in [4.78, 5) is 0. The van der Waals surface area contributed by atoms with Gasteiger partial charge in [-0.25, -0.2) is 8.78 Å². The molecule has 14 heavy (non-hydrogen) atoms. The third-order valence-electron chi connectivity index (χ3n) is 1.53. The van der Waals surface area contributed by atoms with E-state index in [0.29, 0.717) is 5.56 Å². The summed E-state index contributed by atoms with van der Waals surface area (Å²) in [6.45, 7) is 0. The first-order valence-corrected chi connectivity index (χ1v) is 3.68. The van der Waals surface area contributed by atoms with Crippen LogP contribution < -0.4 is 0 Å². The van der Waals surface area contributed by atoms with Gasteiger partial charge >= 0.3 is 0 Å². The second-order valence-electron chi connectivity index (χ2n) is 2.58. The van der Waals surface area contributed by atoms with E-state index in [2.05, 4.69) is 4.74 Å². The molecule has 1 aromatic carbocycles. The number of halogens is 3. The summed E-state index contributed by atoms with van der Waals surface area (Å²) in [6.07, 6.45) is 0.102. The van der Waals surface area contributed by atoms with Crippen LogP contribution >= 0.6 is 12.4 Å². The fourth-order valence-electron chi connectivity index (χ4n) is 0.971. The van der Waals surface area contributed by atoms with Crippen molar-refractivity contribution < 1.29 is 13.5 Å². The van der Waals surface area contributed by atoms with Crippen molar-refractivity contribution >= 4 is 18.3 Å². The minimum absolute atomic E-state index is 0. The monoisotopic (exact) mass is 221 g/mol. The van der Waals surface area contributed by atoms with Crippen LogP contribution in [0.2, 0.25) is 0 Å². The summed E-state index contributed by atoms with van der Waals surface area (Å²) in [5.74, 6) is -1.30. The first-order chi connectivity index (χ1) is 6.11. The van der Waals surface area contributed by atoms with Gasteiger partial charge < -0.3 is 4.74 Å². The standard InChI is InChI=1S/C9H9F2NO.ClH/c1-13-9(12)4-6-2-7(10)5-8(11)3-6;/h2-3,5,12H,4H2,1H3;1H. The van der Waals surface area contributed by atoms with Gasteiger partial charge in [-0.2, -0.15) is 0 Å². The van der Waals surface area contributed by atoms with Gasteiger partial charge in [-0.05, 0) is 17.7 Å². The summed E-state index contributed by atoms with van der Waals surface area (Å²) < 4.78 is 29.8. The van der Waals surface area contributed by atoms with Crippen molar-refractivity contribution in [3.8, 4) is 0 Å². The molecule has 0 fully saturated rings. The van der Waals surface area contributed by atoms with E-state index in [1.165, 1.54) is 19.2 Å². The van der Waals surface area contributed by atoms with Crippen LogP contribution in [0.1, 0.15) is 5.56 Å². The molecule has 0 aliphatic heterocycles. The zero-order valence-electron chi connectivity index (χ0n) is 7.51. The molecule has 1 N–H and O–H groups in total. The maximum atomic E-state index is 12.6. The second-order valence-corrected chi connectivity index (χ2v) is 2.58. The van der Waals surface area contributed by atoms with Crippen molar-refractivity contribution in [3.63, 3.8) is 0 Å². The highest BCUT2D eigenvalue weighted by atomic mass is 35.5. The average molecular weight is 222 g/mol. The molecule has 0 aromatic heterocycles. The van der Waals surface area contributed by atoms with Gasteiger partial charge in [0.1, 0.15) is 11.6 Å². The summed E-state index contributed by atoms with van der Waals surface area (Å²) in [7, 11) is 1.35. The number of hydrogen-bond acceptors (Lipinski definition) is 2. The van der Waals surface area contributed by atoms with Gasteiger partial charge in [0, 0.05) is 12.5 Å². The van der Waals surface area contributed by atoms with Crippen molar-refractivity contribution in [2.45, 2.75) is 6.42 Å². The average Bonchev–Trinajstić information content (AvgIpc) is 2.02. The molecular formula is C9H10ClF2NO. The Balaban J connectivity index is 0.00000169. The summed E-state index contributed by atoms with van der Waals surface area (Å²) in [6, 6.07) is 3.15. The number of hydrogen-bond donors (Lipinski definition) is 1. The van der Waals surface area contributed by atoms with Gasteiger partial charge in [0.25, 0.3) is 0 Å². The van der Waals surface area contributed by atoms with Crippen molar-refractivity contribution in [3.05, 3.63) is 35.4 Å². The third kappa shape index (κ3) is 3.70. The number of ether oxygens (including phenoxy) is 1. The third-order valence-corrected chi connectivity index (χ3v) is 1.53. The van der Waals surface area contributed by atoms with Crippen LogP contribution in [-0.2, 0) is 11.2 Å². The van der Waals surface area contributed by atoms with E-state index in [-0.39, 0.29) is 24.7 Å². The smallest absolute Gasteiger partial charge is 0.184 e. The van der Waals surface area contributed by atoms with Gasteiger partial charge in [0.15, 0.2) is 5.90 Å². The summed E-state index contributed by atoms with van der Waals surface area (Å²) >= 11 is 0. The molecule has 0 saturated heterocycles. The lowest BCUT2D eigenvalue weighted by molar-refractivity contribution is 0.390. The van der Waals surface area contributed by atoms with Crippen molar-refractivity contribution in [2.75, 3.05) is 7.11 Å². The van der Waals surface area contributed by atoms with Crippen LogP contribution in [0.5, 0.6) is 0 Å². The van der Waals surface area contributed by atoms with Crippen LogP contribution in [-0.4, -0.2) is 13.0 Å². The molecule has 0 bridgehead atoms. The van der Waals surface area contributed by atoms with Gasteiger partial charge in [0.2, 0.25) is 0 Å². The molecule has 0 spiro atoms. The molecule has 0 heterocycles. The summed E-state index contributed by atoms with van der Waals surface area (Å²) in [5.41, 5.74) is 0.393. The van der Waals surface area contributed by atoms with E-state index in [1.807, 2.05) is 0 Å². The molecule has 78 valence electrons. The van der Waals surface area contributed by atoms with Crippen LogP contribution in [0.3, 0.4) is 0 Å². The molecule has 0 radical (unpaired) electrons. The SMILES string of the molecule is COC(=N)Cc1cc(F)cc(F)c1.Cl. The molecule has 0 amide bonds. The number of nitrogens with one attached hydrogen (secondary N) is 1. The minimum atomic E-state index is -0.640. The zero-order chi connectivity index (χ0) is 9.84. The zero-order valence-corrected chi connectivity index (χ0v) is 8.33. The molecule has 5 heteroatoms. The van der Waals surface area contributed by atoms with Crippen LogP contribution in [0.15, 0.2) is 18.2 Å². The Morgan fingerprint density at radius 1 is 1.29 bits per heavy atom. The van der Waals surface area contributed by atoms with E-state index in [1.54, 1.807) is 0 Å². The van der Waals surface area contributed by atoms with Crippen molar-refractivity contribution in [2.24, 2.45) is 0 Å². The first-order valence-electron chi connectivity index (χ1n) is 3.68. The largest absolute Gasteiger partial charge is 0.484 e. The first kappa shape index (κ1) is 12.8. The maximum absolute atomic E-state index is 12.6. The topological polar surface area (TPSA) is 33.1 Å². The Morgan fingerprint density at radius 2 is 1.79 bits per heavy atom. The molecule has 0 saturated carbocycles. The van der Waals surface area contributed by atoms with E-state index in [4.69, 9.17) is 5.41 Å². The number of benzene rings is 1.